The molecule has 14 atom stereocenters. The fourth-order valence-corrected chi connectivity index (χ4v) is 20.7. The van der Waals surface area contributed by atoms with Crippen molar-refractivity contribution >= 4 is 122 Å². The Morgan fingerprint density at radius 3 is 1.34 bits per heavy atom. The van der Waals surface area contributed by atoms with Gasteiger partial charge in [-0.25, -0.2) is 29.1 Å². The number of ether oxygens (including phenoxy) is 8. The van der Waals surface area contributed by atoms with Crippen molar-refractivity contribution in [1.82, 2.24) is 68.0 Å². The molecule has 31 nitrogen and oxygen atoms in total. The third-order valence-corrected chi connectivity index (χ3v) is 27.2. The van der Waals surface area contributed by atoms with Gasteiger partial charge in [0.15, 0.2) is 0 Å². The largest absolute Gasteiger partial charge is 0.462 e. The van der Waals surface area contributed by atoms with Crippen LogP contribution in [0.4, 0.5) is 9.59 Å². The lowest BCUT2D eigenvalue weighted by atomic mass is 9.97. The number of halogens is 1. The van der Waals surface area contributed by atoms with E-state index < -0.39 is 30.3 Å². The predicted octanol–water partition coefficient (Wildman–Crippen LogP) is 12.8. The Bertz CT molecular complexity index is 4310. The summed E-state index contributed by atoms with van der Waals surface area (Å²) in [7, 11) is 4.05. The van der Waals surface area contributed by atoms with Crippen molar-refractivity contribution in [2.45, 2.75) is 275 Å². The second-order valence-corrected chi connectivity index (χ2v) is 40.6. The van der Waals surface area contributed by atoms with E-state index in [0.29, 0.717) is 141 Å². The average Bonchev–Trinajstić information content (AvgIpc) is 1.67. The van der Waals surface area contributed by atoms with Crippen molar-refractivity contribution in [2.75, 3.05) is 124 Å². The lowest BCUT2D eigenvalue weighted by Gasteiger charge is -2.22. The summed E-state index contributed by atoms with van der Waals surface area (Å²) in [5.74, 6) is -0.337. The van der Waals surface area contributed by atoms with Crippen LogP contribution in [0.3, 0.4) is 0 Å². The maximum absolute atomic E-state index is 13.2. The van der Waals surface area contributed by atoms with Crippen molar-refractivity contribution < 1.29 is 85.8 Å². The van der Waals surface area contributed by atoms with E-state index in [-0.39, 0.29) is 128 Å². The maximum Gasteiger partial charge on any atom is 0.331 e. The van der Waals surface area contributed by atoms with Crippen molar-refractivity contribution in [1.29, 1.82) is 0 Å². The zero-order valence-electron chi connectivity index (χ0n) is 81.1. The number of urea groups is 2. The molecule has 0 saturated carbocycles. The zero-order chi connectivity index (χ0) is 97.5. The molecule has 10 N–H and O–H groups in total. The molecule has 36 heteroatoms. The summed E-state index contributed by atoms with van der Waals surface area (Å²) in [6.07, 6.45) is 34.8. The fourth-order valence-electron chi connectivity index (χ4n) is 15.4. The summed E-state index contributed by atoms with van der Waals surface area (Å²) in [6, 6.07) is -0.0482. The number of hydrogen-bond donors (Lipinski definition) is 10. The van der Waals surface area contributed by atoms with Gasteiger partial charge in [-0.3, -0.25) is 28.8 Å². The highest BCUT2D eigenvalue weighted by Gasteiger charge is 2.44. The minimum atomic E-state index is -0.544. The summed E-state index contributed by atoms with van der Waals surface area (Å²) < 4.78 is 46.4. The summed E-state index contributed by atoms with van der Waals surface area (Å²) >= 11 is 10.2. The number of cyclic esters (lactones) is 4. The molecule has 0 aliphatic carbocycles. The van der Waals surface area contributed by atoms with E-state index in [2.05, 4.69) is 125 Å². The summed E-state index contributed by atoms with van der Waals surface area (Å²) in [6.45, 7) is 28.9. The number of unbranched alkanes of at least 4 members (excludes halogenated alkanes) is 2. The lowest BCUT2D eigenvalue weighted by Crippen LogP contribution is -2.42. The van der Waals surface area contributed by atoms with Crippen LogP contribution in [0.15, 0.2) is 128 Å². The van der Waals surface area contributed by atoms with Gasteiger partial charge in [0, 0.05) is 140 Å². The number of carbonyl (C=O) groups is 10. The second kappa shape index (κ2) is 65.6. The van der Waals surface area contributed by atoms with E-state index in [1.54, 1.807) is 18.2 Å². The molecule has 6 aliphatic rings. The van der Waals surface area contributed by atoms with Crippen molar-refractivity contribution in [3.8, 4) is 0 Å². The second-order valence-electron chi connectivity index (χ2n) is 34.9. The quantitative estimate of drug-likeness (QED) is 0.00970. The molecule has 2 aromatic rings. The van der Waals surface area contributed by atoms with Crippen LogP contribution in [-0.2, 0) is 89.1 Å². The molecule has 6 unspecified atom stereocenters. The van der Waals surface area contributed by atoms with Crippen LogP contribution < -0.4 is 53.2 Å². The van der Waals surface area contributed by atoms with Gasteiger partial charge < -0.3 is 96.0 Å². The van der Waals surface area contributed by atoms with Gasteiger partial charge in [0.1, 0.15) is 24.4 Å². The van der Waals surface area contributed by atoms with E-state index in [1.165, 1.54) is 40.4 Å². The first-order valence-corrected chi connectivity index (χ1v) is 51.8. The Morgan fingerprint density at radius 2 is 0.933 bits per heavy atom. The smallest absolute Gasteiger partial charge is 0.331 e. The third kappa shape index (κ3) is 49.7. The van der Waals surface area contributed by atoms with Crippen molar-refractivity contribution in [3.63, 3.8) is 0 Å². The predicted molar refractivity (Wildman–Crippen MR) is 536 cm³/mol. The van der Waals surface area contributed by atoms with E-state index in [0.717, 1.165) is 111 Å². The molecule has 134 heavy (non-hydrogen) atoms. The number of carbonyl (C=O) groups excluding carboxylic acids is 10. The molecule has 746 valence electrons. The Kier molecular flexibility index (Phi) is 56.1. The number of thioether (sulfide) groups is 2. The van der Waals surface area contributed by atoms with Gasteiger partial charge in [-0.1, -0.05) is 138 Å². The maximum atomic E-state index is 13.2. The minimum Gasteiger partial charge on any atom is -0.462 e. The van der Waals surface area contributed by atoms with Crippen molar-refractivity contribution in [2.24, 2.45) is 0 Å². The number of nitrogens with zero attached hydrogens (tertiary/aromatic N) is 3. The summed E-state index contributed by atoms with van der Waals surface area (Å²) in [4.78, 5) is 137. The van der Waals surface area contributed by atoms with E-state index in [1.807, 2.05) is 135 Å². The molecule has 8 amide bonds. The number of likely N-dealkylation sites (N-methyl/N-ethyl adjacent to an activating group) is 1. The lowest BCUT2D eigenvalue weighted by molar-refractivity contribution is -0.149. The molecule has 4 saturated heterocycles. The Hall–Kier alpha value is -8.14. The normalized spacial score (nSPS) is 25.6. The SMILES string of the molecule is C/C(Br)=C\[C@@H]1Cc2nc(cs2)[C@@H](C)C[C@@H](NCC(=O)NCCOCCOCCNC(=O)CCCCC2SCC3NC(=O)NC32)CC(=O)O[C@@H](C)C/C(C)=C/C=C\C(=O)O1.C/C=C/C(C)=C/CC.CC(/C=C/C(C)=C/[C@@H]1Cc2nc(cs2)[C@@H](C)C[C@@H](NCC(=O)NCCOCCOCCNC(=O)CCCCC2SCC3NC(=O)NC32)CC(=O)O[C@@H](C)C/C(C)=C/C=C\C(=O)O1)=C\CN(C)C. The fraction of sp³-hybridized carbons (Fsp3) is 0.633. The van der Waals surface area contributed by atoms with Crippen LogP contribution in [-0.4, -0.2) is 270 Å². The average molecular weight is 2010 g/mol. The van der Waals surface area contributed by atoms with E-state index >= 15 is 0 Å². The number of thiazole rings is 2. The van der Waals surface area contributed by atoms with E-state index in [4.69, 9.17) is 47.9 Å². The Labute approximate surface area is 819 Å². The van der Waals surface area contributed by atoms with Gasteiger partial charge in [0.05, 0.1) is 124 Å². The summed E-state index contributed by atoms with van der Waals surface area (Å²) in [5, 5.41) is 36.4. The number of allylic oxidation sites excluding steroid dienone is 13. The van der Waals surface area contributed by atoms with Crippen LogP contribution in [0.2, 0.25) is 0 Å². The van der Waals surface area contributed by atoms with Gasteiger partial charge in [-0.2, -0.15) is 23.5 Å². The molecule has 4 bridgehead atoms. The van der Waals surface area contributed by atoms with Gasteiger partial charge in [-0.05, 0) is 138 Å². The zero-order valence-corrected chi connectivity index (χ0v) is 85.9. The first-order valence-electron chi connectivity index (χ1n) is 47.2. The summed E-state index contributed by atoms with van der Waals surface area (Å²) in [5.41, 5.74) is 7.02. The van der Waals surface area contributed by atoms with Gasteiger partial charge in [0.25, 0.3) is 0 Å². The van der Waals surface area contributed by atoms with E-state index in [9.17, 15) is 47.9 Å². The first-order chi connectivity index (χ1) is 64.3. The van der Waals surface area contributed by atoms with Gasteiger partial charge >= 0.3 is 35.9 Å². The molecular formula is C98H150BrN13O18S4. The highest BCUT2D eigenvalue weighted by atomic mass is 79.9. The van der Waals surface area contributed by atoms with Crippen LogP contribution in [0, 0.1) is 0 Å². The topological polar surface area (TPSA) is 394 Å². The molecule has 0 aromatic carbocycles. The molecular weight excluding hydrogens is 1860 g/mol. The Morgan fingerprint density at radius 1 is 0.522 bits per heavy atom. The monoisotopic (exact) mass is 2000 g/mol. The van der Waals surface area contributed by atoms with Gasteiger partial charge in [0.2, 0.25) is 23.6 Å². The minimum absolute atomic E-state index is 0.00152. The van der Waals surface area contributed by atoms with Crippen LogP contribution in [0.25, 0.3) is 0 Å². The highest BCUT2D eigenvalue weighted by Crippen LogP contribution is 2.36. The number of fused-ring (bicyclic) bond motifs is 6. The number of esters is 4. The van der Waals surface area contributed by atoms with Crippen LogP contribution in [0.1, 0.15) is 213 Å². The van der Waals surface area contributed by atoms with Crippen LogP contribution >= 0.6 is 62.1 Å². The standard InChI is InChI=1S/C49H75N7O9S2.C41H61BrN6O9S2.C8H14/c1-33(17-20-56(6)7)15-16-35(3)26-39-29-45-53-40(31-67-45)36(4)27-38(28-47(60)64-37(5)25-34(2)11-10-14-46(59)65-39)52-30-44(58)51-19-22-63-24-23-62-21-18-50-43(57)13-9-8-12-42-48-41(32-66-42)54-49(61)55-48;1-26-8-7-11-38(51)57-31(20-28(3)42)22-37-46-32(24-59-37)27(2)19-30(21-39(52)56-29(4)18-26)45-23-36(50)44-13-15-55-17-16-54-14-12-43-35(49)10-6-5-9-34-40-33(25-58-34)47-41(53)48-40;1-4-6-8(3)7-5-2/h10-11,14-17,26,31,36-39,41-42,48,52H,8-9,12-13,18-25,27-30,32H2,1-7H3,(H,50,57)(H,51,58)(H2,54,55,61);7-8,11,20,24,27,29-31,33-34,40,45H,5-6,9-10,12-19,21-23,25H2,1-4H3,(H,43,49)(H,44,50)(H2,47,48,53);4,6-7H,5H2,1-3H3/b14-10-,16-15+,33-17+,34-11+,35-26+;11-7-,26-8+,28-20+;6-4+,8-7+/t36-,37-,38+,39+,41?,42?,48?;27-,29-,30+,31+,33?,34?,40?;/m00./s1. The molecule has 0 spiro atoms. The Balaban J connectivity index is 0.000000383. The van der Waals surface area contributed by atoms with Crippen molar-refractivity contribution in [3.05, 3.63) is 150 Å². The third-order valence-electron chi connectivity index (χ3n) is 22.1. The number of amides is 8. The molecule has 2 aromatic heterocycles. The van der Waals surface area contributed by atoms with Crippen LogP contribution in [0.5, 0.6) is 0 Å². The first kappa shape index (κ1) is 115. The molecule has 8 heterocycles. The number of hydrogen-bond acceptors (Lipinski definition) is 27. The number of nitrogens with one attached hydrogen (secondary N) is 10. The van der Waals surface area contributed by atoms with Gasteiger partial charge in [-0.15, -0.1) is 22.7 Å². The number of rotatable bonds is 42. The molecule has 6 aliphatic heterocycles. The highest BCUT2D eigenvalue weighted by molar-refractivity contribution is 9.11. The molecule has 8 rings (SSSR count). The molecule has 0 radical (unpaired) electrons. The number of aromatic nitrogens is 2. The molecule has 4 fully saturated rings.